The molecule has 4 nitrogen and oxygen atoms in total. The van der Waals surface area contributed by atoms with Gasteiger partial charge in [-0.05, 0) is 31.6 Å². The van der Waals surface area contributed by atoms with Gasteiger partial charge in [0.1, 0.15) is 0 Å². The highest BCUT2D eigenvalue weighted by Gasteiger charge is 2.10. The Morgan fingerprint density at radius 1 is 1.44 bits per heavy atom. The average molecular weight is 369 g/mol. The summed E-state index contributed by atoms with van der Waals surface area (Å²) >= 11 is 0. The van der Waals surface area contributed by atoms with Crippen molar-refractivity contribution in [2.75, 3.05) is 19.7 Å². The highest BCUT2D eigenvalue weighted by molar-refractivity contribution is 14.0. The molecule has 0 saturated heterocycles. The molecule has 5 heteroatoms. The van der Waals surface area contributed by atoms with Gasteiger partial charge in [-0.15, -0.1) is 24.0 Å². The molecule has 4 N–H and O–H groups in total. The van der Waals surface area contributed by atoms with E-state index in [1.807, 2.05) is 6.92 Å². The third kappa shape index (κ3) is 12.2. The smallest absolute Gasteiger partial charge is 0.188 e. The maximum atomic E-state index is 8.98. The molecule has 0 radical (unpaired) electrons. The third-order valence-electron chi connectivity index (χ3n) is 2.43. The molecule has 0 spiro atoms. The molecular formula is C13H28IN3O. The summed E-state index contributed by atoms with van der Waals surface area (Å²) < 4.78 is 0. The van der Waals surface area contributed by atoms with Gasteiger partial charge in [0.25, 0.3) is 0 Å². The quantitative estimate of drug-likeness (QED) is 0.266. The Morgan fingerprint density at radius 2 is 2.06 bits per heavy atom. The van der Waals surface area contributed by atoms with Gasteiger partial charge >= 0.3 is 0 Å². The first-order valence-electron chi connectivity index (χ1n) is 6.24. The van der Waals surface area contributed by atoms with E-state index in [2.05, 4.69) is 30.7 Å². The van der Waals surface area contributed by atoms with E-state index >= 15 is 0 Å². The molecule has 108 valence electrons. The molecule has 0 aromatic carbocycles. The largest absolute Gasteiger partial charge is 0.396 e. The Balaban J connectivity index is 0. The highest BCUT2D eigenvalue weighted by Crippen LogP contribution is 2.15. The van der Waals surface area contributed by atoms with Crippen molar-refractivity contribution in [3.63, 3.8) is 0 Å². The summed E-state index contributed by atoms with van der Waals surface area (Å²) in [6.07, 6.45) is 1.85. The molecule has 0 aliphatic rings. The molecule has 0 aromatic heterocycles. The van der Waals surface area contributed by atoms with Crippen LogP contribution in [0.15, 0.2) is 17.1 Å². The van der Waals surface area contributed by atoms with Crippen molar-refractivity contribution in [2.45, 2.75) is 33.6 Å². The molecule has 1 unspecified atom stereocenters. The van der Waals surface area contributed by atoms with Gasteiger partial charge in [0.05, 0.1) is 0 Å². The van der Waals surface area contributed by atoms with Crippen LogP contribution >= 0.6 is 24.0 Å². The van der Waals surface area contributed by atoms with Crippen LogP contribution in [0.25, 0.3) is 0 Å². The van der Waals surface area contributed by atoms with E-state index in [1.54, 1.807) is 0 Å². The summed E-state index contributed by atoms with van der Waals surface area (Å²) in [6.45, 7) is 11.6. The van der Waals surface area contributed by atoms with Crippen LogP contribution in [-0.4, -0.2) is 30.8 Å². The van der Waals surface area contributed by atoms with Crippen LogP contribution in [0.1, 0.15) is 33.6 Å². The zero-order valence-electron chi connectivity index (χ0n) is 11.8. The lowest BCUT2D eigenvalue weighted by molar-refractivity contribution is 0.246. The number of nitrogens with one attached hydrogen (secondary N) is 1. The number of aliphatic hydroxyl groups is 1. The zero-order chi connectivity index (χ0) is 13.3. The maximum absolute atomic E-state index is 8.98. The van der Waals surface area contributed by atoms with Crippen molar-refractivity contribution in [1.82, 2.24) is 5.32 Å². The third-order valence-corrected chi connectivity index (χ3v) is 2.43. The van der Waals surface area contributed by atoms with E-state index in [0.717, 1.165) is 18.4 Å². The Bertz CT molecular complexity index is 255. The number of guanidine groups is 1. The number of hydrogen-bond donors (Lipinski definition) is 3. The van der Waals surface area contributed by atoms with E-state index in [1.165, 1.54) is 0 Å². The lowest BCUT2D eigenvalue weighted by Crippen LogP contribution is -2.33. The normalized spacial score (nSPS) is 13.1. The summed E-state index contributed by atoms with van der Waals surface area (Å²) in [5, 5.41) is 12.0. The molecule has 0 amide bonds. The summed E-state index contributed by atoms with van der Waals surface area (Å²) in [6, 6.07) is 0. The van der Waals surface area contributed by atoms with Crippen LogP contribution in [0, 0.1) is 11.8 Å². The van der Waals surface area contributed by atoms with E-state index in [9.17, 15) is 0 Å². The highest BCUT2D eigenvalue weighted by atomic mass is 127. The van der Waals surface area contributed by atoms with Crippen LogP contribution in [-0.2, 0) is 0 Å². The van der Waals surface area contributed by atoms with E-state index < -0.39 is 0 Å². The Hall–Kier alpha value is -0.300. The number of halogens is 1. The molecule has 0 aliphatic carbocycles. The van der Waals surface area contributed by atoms with Crippen LogP contribution in [0.4, 0.5) is 0 Å². The van der Waals surface area contributed by atoms with Crippen molar-refractivity contribution in [1.29, 1.82) is 0 Å². The molecule has 0 aliphatic heterocycles. The van der Waals surface area contributed by atoms with Gasteiger partial charge in [-0.3, -0.25) is 4.99 Å². The number of aliphatic hydroxyl groups excluding tert-OH is 1. The predicted molar refractivity (Wildman–Crippen MR) is 89.4 cm³/mol. The monoisotopic (exact) mass is 369 g/mol. The van der Waals surface area contributed by atoms with Crippen molar-refractivity contribution in [3.05, 3.63) is 12.2 Å². The lowest BCUT2D eigenvalue weighted by Gasteiger charge is -2.16. The topological polar surface area (TPSA) is 70.6 Å². The van der Waals surface area contributed by atoms with Gasteiger partial charge in [-0.25, -0.2) is 0 Å². The van der Waals surface area contributed by atoms with Gasteiger partial charge in [0.15, 0.2) is 5.96 Å². The van der Waals surface area contributed by atoms with Crippen molar-refractivity contribution in [3.8, 4) is 0 Å². The van der Waals surface area contributed by atoms with Gasteiger partial charge in [-0.1, -0.05) is 26.0 Å². The van der Waals surface area contributed by atoms with Crippen molar-refractivity contribution < 1.29 is 5.11 Å². The van der Waals surface area contributed by atoms with E-state index in [-0.39, 0.29) is 30.6 Å². The predicted octanol–water partition coefficient (Wildman–Crippen LogP) is 2.13. The minimum absolute atomic E-state index is 0. The number of nitrogens with two attached hydrogens (primary N) is 1. The first-order chi connectivity index (χ1) is 7.95. The standard InChI is InChI=1S/C13H27N3O.HI/c1-10(2)7-12(5-6-17)9-16-13(14)15-8-11(3)4;/h10,12,17H,3,5-9H2,1-2,4H3,(H3,14,15,16);1H. The first kappa shape index (κ1) is 20.0. The van der Waals surface area contributed by atoms with Gasteiger partial charge < -0.3 is 16.2 Å². The minimum Gasteiger partial charge on any atom is -0.396 e. The summed E-state index contributed by atoms with van der Waals surface area (Å²) in [7, 11) is 0. The minimum atomic E-state index is 0. The lowest BCUT2D eigenvalue weighted by atomic mass is 9.94. The number of hydrogen-bond acceptors (Lipinski definition) is 2. The molecular weight excluding hydrogens is 341 g/mol. The summed E-state index contributed by atoms with van der Waals surface area (Å²) in [5.41, 5.74) is 6.76. The Kier molecular flexibility index (Phi) is 13.1. The van der Waals surface area contributed by atoms with Crippen molar-refractivity contribution >= 4 is 29.9 Å². The molecule has 0 rings (SSSR count). The van der Waals surface area contributed by atoms with E-state index in [4.69, 9.17) is 10.8 Å². The first-order valence-corrected chi connectivity index (χ1v) is 6.24. The van der Waals surface area contributed by atoms with Gasteiger partial charge in [-0.2, -0.15) is 0 Å². The number of rotatable bonds is 8. The molecule has 1 atom stereocenters. The van der Waals surface area contributed by atoms with Crippen LogP contribution in [0.2, 0.25) is 0 Å². The fraction of sp³-hybridized carbons (Fsp3) is 0.769. The van der Waals surface area contributed by atoms with Gasteiger partial charge in [0.2, 0.25) is 0 Å². The molecule has 0 saturated carbocycles. The molecule has 0 aromatic rings. The Morgan fingerprint density at radius 3 is 2.50 bits per heavy atom. The maximum Gasteiger partial charge on any atom is 0.188 e. The zero-order valence-corrected chi connectivity index (χ0v) is 14.1. The van der Waals surface area contributed by atoms with Gasteiger partial charge in [0, 0.05) is 19.7 Å². The fourth-order valence-electron chi connectivity index (χ4n) is 1.66. The van der Waals surface area contributed by atoms with E-state index in [0.29, 0.717) is 30.9 Å². The number of aliphatic imine (C=N–C) groups is 1. The second-order valence-electron chi connectivity index (χ2n) is 5.04. The second kappa shape index (κ2) is 11.8. The van der Waals surface area contributed by atoms with Crippen LogP contribution in [0.5, 0.6) is 0 Å². The van der Waals surface area contributed by atoms with Crippen LogP contribution in [0.3, 0.4) is 0 Å². The average Bonchev–Trinajstić information content (AvgIpc) is 2.22. The molecule has 0 bridgehead atoms. The fourth-order valence-corrected chi connectivity index (χ4v) is 1.66. The van der Waals surface area contributed by atoms with Crippen molar-refractivity contribution in [2.24, 2.45) is 22.6 Å². The Labute approximate surface area is 128 Å². The molecule has 0 heterocycles. The SMILES string of the molecule is C=C(C)CNC(N)=NCC(CCO)CC(C)C.I. The summed E-state index contributed by atoms with van der Waals surface area (Å²) in [5.74, 6) is 1.48. The summed E-state index contributed by atoms with van der Waals surface area (Å²) in [4.78, 5) is 4.30. The van der Waals surface area contributed by atoms with Crippen LogP contribution < -0.4 is 11.1 Å². The number of nitrogens with zero attached hydrogens (tertiary/aromatic N) is 1. The molecule has 18 heavy (non-hydrogen) atoms. The molecule has 0 fully saturated rings. The second-order valence-corrected chi connectivity index (χ2v) is 5.04.